The molecule has 1 unspecified atom stereocenters. The van der Waals surface area contributed by atoms with Gasteiger partial charge in [0.05, 0.1) is 12.7 Å². The Kier molecular flexibility index (Phi) is 8.43. The average Bonchev–Trinajstić information content (AvgIpc) is 2.40. The molecule has 18 heavy (non-hydrogen) atoms. The van der Waals surface area contributed by atoms with Crippen molar-refractivity contribution >= 4 is 0 Å². The number of aromatic nitrogens is 1. The van der Waals surface area contributed by atoms with Crippen LogP contribution in [0.15, 0.2) is 24.4 Å². The van der Waals surface area contributed by atoms with Gasteiger partial charge in [-0.25, -0.2) is 0 Å². The van der Waals surface area contributed by atoms with Gasteiger partial charge in [0.2, 0.25) is 0 Å². The van der Waals surface area contributed by atoms with E-state index in [1.54, 1.807) is 0 Å². The van der Waals surface area contributed by atoms with Gasteiger partial charge < -0.3 is 10.1 Å². The number of nitrogens with one attached hydrogen (secondary N) is 1. The normalized spacial score (nSPS) is 12.6. The first-order valence-electron chi connectivity index (χ1n) is 7.09. The van der Waals surface area contributed by atoms with E-state index in [1.807, 2.05) is 24.4 Å². The molecule has 1 aromatic heterocycles. The van der Waals surface area contributed by atoms with E-state index in [0.29, 0.717) is 6.10 Å². The number of hydrogen-bond acceptors (Lipinski definition) is 3. The minimum Gasteiger partial charge on any atom is -0.376 e. The number of hydrogen-bond donors (Lipinski definition) is 1. The highest BCUT2D eigenvalue weighted by Gasteiger charge is 2.07. The third-order valence-corrected chi connectivity index (χ3v) is 2.85. The molecule has 0 amide bonds. The molecule has 0 aromatic carbocycles. The summed E-state index contributed by atoms with van der Waals surface area (Å²) in [5, 5.41) is 3.43. The molecule has 0 spiro atoms. The van der Waals surface area contributed by atoms with Crippen LogP contribution in [0.4, 0.5) is 0 Å². The molecule has 3 nitrogen and oxygen atoms in total. The Bertz CT molecular complexity index is 290. The molecule has 0 bridgehead atoms. The van der Waals surface area contributed by atoms with Gasteiger partial charge >= 0.3 is 0 Å². The van der Waals surface area contributed by atoms with Gasteiger partial charge in [-0.3, -0.25) is 4.98 Å². The smallest absolute Gasteiger partial charge is 0.0699 e. The van der Waals surface area contributed by atoms with E-state index >= 15 is 0 Å². The van der Waals surface area contributed by atoms with Gasteiger partial charge in [0.1, 0.15) is 0 Å². The van der Waals surface area contributed by atoms with Gasteiger partial charge in [-0.15, -0.1) is 0 Å². The van der Waals surface area contributed by atoms with Crippen molar-refractivity contribution in [3.05, 3.63) is 30.1 Å². The van der Waals surface area contributed by atoms with Crippen LogP contribution in [-0.2, 0) is 11.2 Å². The van der Waals surface area contributed by atoms with Gasteiger partial charge in [-0.2, -0.15) is 0 Å². The Balaban J connectivity index is 2.20. The highest BCUT2D eigenvalue weighted by atomic mass is 16.5. The van der Waals surface area contributed by atoms with Crippen LogP contribution in [0.3, 0.4) is 0 Å². The van der Waals surface area contributed by atoms with Gasteiger partial charge in [0.15, 0.2) is 0 Å². The van der Waals surface area contributed by atoms with Crippen molar-refractivity contribution < 1.29 is 4.74 Å². The lowest BCUT2D eigenvalue weighted by molar-refractivity contribution is 0.0488. The highest BCUT2D eigenvalue weighted by Crippen LogP contribution is 2.03. The molecule has 3 heteroatoms. The van der Waals surface area contributed by atoms with E-state index in [9.17, 15) is 0 Å². The molecule has 0 saturated carbocycles. The summed E-state index contributed by atoms with van der Waals surface area (Å²) in [6.45, 7) is 7.18. The Morgan fingerprint density at radius 2 is 2.17 bits per heavy atom. The largest absolute Gasteiger partial charge is 0.376 e. The summed E-state index contributed by atoms with van der Waals surface area (Å²) in [6.07, 6.45) is 6.54. The summed E-state index contributed by atoms with van der Waals surface area (Å²) in [6, 6.07) is 6.01. The van der Waals surface area contributed by atoms with Gasteiger partial charge in [-0.1, -0.05) is 26.3 Å². The van der Waals surface area contributed by atoms with Crippen molar-refractivity contribution in [3.8, 4) is 0 Å². The van der Waals surface area contributed by atoms with E-state index in [2.05, 4.69) is 24.1 Å². The number of pyridine rings is 1. The van der Waals surface area contributed by atoms with Crippen LogP contribution in [0, 0.1) is 0 Å². The van der Waals surface area contributed by atoms with E-state index < -0.39 is 0 Å². The van der Waals surface area contributed by atoms with Gasteiger partial charge in [0.25, 0.3) is 0 Å². The van der Waals surface area contributed by atoms with Gasteiger partial charge in [-0.05, 0) is 31.5 Å². The quantitative estimate of drug-likeness (QED) is 0.648. The van der Waals surface area contributed by atoms with Crippen LogP contribution in [0.2, 0.25) is 0 Å². The Morgan fingerprint density at radius 3 is 2.83 bits per heavy atom. The number of nitrogens with zero attached hydrogens (tertiary/aromatic N) is 1. The lowest BCUT2D eigenvalue weighted by Gasteiger charge is -2.17. The zero-order valence-electron chi connectivity index (χ0n) is 11.7. The van der Waals surface area contributed by atoms with Crippen molar-refractivity contribution in [1.29, 1.82) is 0 Å². The van der Waals surface area contributed by atoms with Crippen molar-refractivity contribution in [2.45, 2.75) is 45.6 Å². The Hall–Kier alpha value is -0.930. The summed E-state index contributed by atoms with van der Waals surface area (Å²) in [7, 11) is 0. The topological polar surface area (TPSA) is 34.1 Å². The van der Waals surface area contributed by atoms with E-state index in [4.69, 9.17) is 4.74 Å². The summed E-state index contributed by atoms with van der Waals surface area (Å²) in [5.41, 5.74) is 1.11. The summed E-state index contributed by atoms with van der Waals surface area (Å²) >= 11 is 0. The van der Waals surface area contributed by atoms with Crippen molar-refractivity contribution in [3.63, 3.8) is 0 Å². The minimum absolute atomic E-state index is 0.338. The molecule has 0 aliphatic heterocycles. The molecule has 1 N–H and O–H groups in total. The second-order valence-corrected chi connectivity index (χ2v) is 4.56. The lowest BCUT2D eigenvalue weighted by Crippen LogP contribution is -2.30. The predicted molar refractivity (Wildman–Crippen MR) is 75.7 cm³/mol. The minimum atomic E-state index is 0.338. The standard InChI is InChI=1S/C15H26N2O/c1-3-7-15(13-16-10-4-2)18-12-9-14-8-5-6-11-17-14/h5-6,8,11,15-16H,3-4,7,9-10,12-13H2,1-2H3. The first-order valence-corrected chi connectivity index (χ1v) is 7.09. The van der Waals surface area contributed by atoms with E-state index in [0.717, 1.165) is 38.2 Å². The summed E-state index contributed by atoms with van der Waals surface area (Å²) in [5.74, 6) is 0. The first kappa shape index (κ1) is 15.1. The molecule has 1 rings (SSSR count). The maximum atomic E-state index is 5.93. The molecule has 0 aliphatic carbocycles. The molecular weight excluding hydrogens is 224 g/mol. The third-order valence-electron chi connectivity index (χ3n) is 2.85. The molecule has 0 aliphatic rings. The number of ether oxygens (including phenoxy) is 1. The molecule has 1 aromatic rings. The van der Waals surface area contributed by atoms with Crippen LogP contribution in [0.1, 0.15) is 38.8 Å². The molecular formula is C15H26N2O. The fraction of sp³-hybridized carbons (Fsp3) is 0.667. The van der Waals surface area contributed by atoms with Crippen LogP contribution >= 0.6 is 0 Å². The molecule has 0 fully saturated rings. The Labute approximate surface area is 111 Å². The van der Waals surface area contributed by atoms with Crippen molar-refractivity contribution in [1.82, 2.24) is 10.3 Å². The average molecular weight is 250 g/mol. The van der Waals surface area contributed by atoms with Crippen molar-refractivity contribution in [2.24, 2.45) is 0 Å². The summed E-state index contributed by atoms with van der Waals surface area (Å²) in [4.78, 5) is 4.30. The van der Waals surface area contributed by atoms with Crippen LogP contribution < -0.4 is 5.32 Å². The van der Waals surface area contributed by atoms with Crippen molar-refractivity contribution in [2.75, 3.05) is 19.7 Å². The van der Waals surface area contributed by atoms with Crippen LogP contribution in [0.25, 0.3) is 0 Å². The van der Waals surface area contributed by atoms with Gasteiger partial charge in [0, 0.05) is 24.9 Å². The molecule has 102 valence electrons. The van der Waals surface area contributed by atoms with Crippen LogP contribution in [-0.4, -0.2) is 30.8 Å². The first-order chi connectivity index (χ1) is 8.86. The SMILES string of the molecule is CCCNCC(CCC)OCCc1ccccn1. The second-order valence-electron chi connectivity index (χ2n) is 4.56. The van der Waals surface area contributed by atoms with Crippen LogP contribution in [0.5, 0.6) is 0 Å². The maximum absolute atomic E-state index is 5.93. The van der Waals surface area contributed by atoms with E-state index in [1.165, 1.54) is 12.8 Å². The lowest BCUT2D eigenvalue weighted by atomic mass is 10.2. The zero-order valence-corrected chi connectivity index (χ0v) is 11.7. The molecule has 0 saturated heterocycles. The molecule has 1 atom stereocenters. The van der Waals surface area contributed by atoms with E-state index in [-0.39, 0.29) is 0 Å². The monoisotopic (exact) mass is 250 g/mol. The Morgan fingerprint density at radius 1 is 1.28 bits per heavy atom. The molecule has 0 radical (unpaired) electrons. The number of rotatable bonds is 10. The summed E-state index contributed by atoms with van der Waals surface area (Å²) < 4.78 is 5.93. The second kappa shape index (κ2) is 10.0. The fourth-order valence-electron chi connectivity index (χ4n) is 1.88. The fourth-order valence-corrected chi connectivity index (χ4v) is 1.88. The predicted octanol–water partition coefficient (Wildman–Crippen LogP) is 2.81. The zero-order chi connectivity index (χ0) is 13.1. The third kappa shape index (κ3) is 6.72. The molecule has 1 heterocycles. The maximum Gasteiger partial charge on any atom is 0.0699 e. The highest BCUT2D eigenvalue weighted by molar-refractivity contribution is 5.03.